The minimum absolute atomic E-state index is 0.135. The number of benzene rings is 2. The van der Waals surface area contributed by atoms with Crippen LogP contribution in [0.15, 0.2) is 47.4 Å². The van der Waals surface area contributed by atoms with Crippen molar-refractivity contribution in [2.75, 3.05) is 25.5 Å². The molecule has 5 nitrogen and oxygen atoms in total. The summed E-state index contributed by atoms with van der Waals surface area (Å²) in [5.74, 6) is 1.77. The molecule has 2 aromatic rings. The molecule has 25 heavy (non-hydrogen) atoms. The Morgan fingerprint density at radius 3 is 2.64 bits per heavy atom. The fourth-order valence-electron chi connectivity index (χ4n) is 2.32. The quantitative estimate of drug-likeness (QED) is 0.745. The van der Waals surface area contributed by atoms with Crippen LogP contribution in [0.3, 0.4) is 0 Å². The van der Waals surface area contributed by atoms with Gasteiger partial charge in [0.05, 0.1) is 4.90 Å². The van der Waals surface area contributed by atoms with E-state index in [0.717, 1.165) is 0 Å². The topological polar surface area (TPSA) is 64.6 Å². The first-order valence-electron chi connectivity index (χ1n) is 7.77. The first-order valence-corrected chi connectivity index (χ1v) is 10.4. The average molecular weight is 383 g/mol. The average Bonchev–Trinajstić information content (AvgIpc) is 2.62. The van der Waals surface area contributed by atoms with Gasteiger partial charge in [0.2, 0.25) is 10.0 Å². The Hall–Kier alpha value is -1.77. The van der Waals surface area contributed by atoms with E-state index in [-0.39, 0.29) is 17.3 Å². The van der Waals surface area contributed by atoms with Crippen LogP contribution in [0.2, 0.25) is 0 Å². The predicted octanol–water partition coefficient (Wildman–Crippen LogP) is 2.81. The molecule has 1 aliphatic rings. The Morgan fingerprint density at radius 2 is 1.84 bits per heavy atom. The summed E-state index contributed by atoms with van der Waals surface area (Å²) in [6.45, 7) is 1.11. The lowest BCUT2D eigenvalue weighted by molar-refractivity contribution is 0.171. The van der Waals surface area contributed by atoms with Crippen LogP contribution >= 0.6 is 11.8 Å². The van der Waals surface area contributed by atoms with Crippen molar-refractivity contribution in [1.82, 2.24) is 4.72 Å². The van der Waals surface area contributed by atoms with Crippen molar-refractivity contribution in [3.8, 4) is 11.5 Å². The molecule has 0 unspecified atom stereocenters. The molecule has 0 aromatic heterocycles. The summed E-state index contributed by atoms with van der Waals surface area (Å²) in [4.78, 5) is 0.135. The molecule has 0 atom stereocenters. The van der Waals surface area contributed by atoms with E-state index >= 15 is 0 Å². The van der Waals surface area contributed by atoms with Gasteiger partial charge in [0, 0.05) is 24.1 Å². The number of hydrogen-bond acceptors (Lipinski definition) is 5. The Balaban J connectivity index is 1.51. The van der Waals surface area contributed by atoms with Crippen LogP contribution in [-0.4, -0.2) is 33.9 Å². The molecular formula is C17H18FNO4S2. The van der Waals surface area contributed by atoms with Crippen molar-refractivity contribution in [2.45, 2.75) is 10.6 Å². The lowest BCUT2D eigenvalue weighted by Crippen LogP contribution is -2.26. The SMILES string of the molecule is O=S(=O)(NCCSCc1ccccc1F)c1ccc2c(c1)OCCO2. The zero-order valence-electron chi connectivity index (χ0n) is 13.4. The number of hydrogen-bond donors (Lipinski definition) is 1. The molecule has 0 saturated heterocycles. The number of fused-ring (bicyclic) bond motifs is 1. The standard InChI is InChI=1S/C17H18FNO4S2/c18-15-4-2-1-3-13(15)12-24-10-7-19-25(20,21)14-5-6-16-17(11-14)23-9-8-22-16/h1-6,11,19H,7-10,12H2. The summed E-state index contributed by atoms with van der Waals surface area (Å²) in [5, 5.41) is 0. The highest BCUT2D eigenvalue weighted by Gasteiger charge is 2.18. The van der Waals surface area contributed by atoms with Crippen LogP contribution in [0, 0.1) is 5.82 Å². The zero-order valence-corrected chi connectivity index (χ0v) is 15.0. The smallest absolute Gasteiger partial charge is 0.240 e. The second-order valence-electron chi connectivity index (χ2n) is 5.35. The summed E-state index contributed by atoms with van der Waals surface area (Å²) in [6.07, 6.45) is 0. The number of rotatable bonds is 7. The van der Waals surface area contributed by atoms with Gasteiger partial charge in [-0.1, -0.05) is 18.2 Å². The van der Waals surface area contributed by atoms with E-state index in [1.165, 1.54) is 30.0 Å². The Kier molecular flexibility index (Phi) is 5.82. The lowest BCUT2D eigenvalue weighted by Gasteiger charge is -2.18. The minimum atomic E-state index is -3.62. The van der Waals surface area contributed by atoms with Crippen molar-refractivity contribution in [3.05, 3.63) is 53.8 Å². The Morgan fingerprint density at radius 1 is 1.08 bits per heavy atom. The lowest BCUT2D eigenvalue weighted by atomic mass is 10.2. The molecule has 0 aliphatic carbocycles. The van der Waals surface area contributed by atoms with Crippen LogP contribution in [0.1, 0.15) is 5.56 Å². The fourth-order valence-corrected chi connectivity index (χ4v) is 4.34. The molecular weight excluding hydrogens is 365 g/mol. The monoisotopic (exact) mass is 383 g/mol. The maximum absolute atomic E-state index is 13.5. The Bertz CT molecular complexity index is 842. The third-order valence-corrected chi connectivity index (χ3v) is 6.04. The molecule has 0 spiro atoms. The van der Waals surface area contributed by atoms with Crippen LogP contribution in [0.4, 0.5) is 4.39 Å². The van der Waals surface area contributed by atoms with E-state index in [0.29, 0.717) is 41.8 Å². The van der Waals surface area contributed by atoms with E-state index in [9.17, 15) is 12.8 Å². The van der Waals surface area contributed by atoms with E-state index in [2.05, 4.69) is 4.72 Å². The van der Waals surface area contributed by atoms with Crippen LogP contribution in [0.25, 0.3) is 0 Å². The number of nitrogens with one attached hydrogen (secondary N) is 1. The van der Waals surface area contributed by atoms with Gasteiger partial charge < -0.3 is 9.47 Å². The van der Waals surface area contributed by atoms with Gasteiger partial charge in [-0.3, -0.25) is 0 Å². The third-order valence-electron chi connectivity index (χ3n) is 3.58. The molecule has 134 valence electrons. The predicted molar refractivity (Wildman–Crippen MR) is 95.2 cm³/mol. The maximum atomic E-state index is 13.5. The van der Waals surface area contributed by atoms with Crippen molar-refractivity contribution in [2.24, 2.45) is 0 Å². The van der Waals surface area contributed by atoms with Crippen molar-refractivity contribution in [3.63, 3.8) is 0 Å². The largest absolute Gasteiger partial charge is 0.486 e. The molecule has 0 fully saturated rings. The molecule has 0 amide bonds. The van der Waals surface area contributed by atoms with Gasteiger partial charge in [-0.15, -0.1) is 0 Å². The molecule has 0 bridgehead atoms. The number of thioether (sulfide) groups is 1. The highest BCUT2D eigenvalue weighted by atomic mass is 32.2. The van der Waals surface area contributed by atoms with E-state index in [1.54, 1.807) is 24.3 Å². The van der Waals surface area contributed by atoms with Crippen molar-refractivity contribution in [1.29, 1.82) is 0 Å². The number of halogens is 1. The van der Waals surface area contributed by atoms with Gasteiger partial charge in [-0.2, -0.15) is 11.8 Å². The summed E-state index contributed by atoms with van der Waals surface area (Å²) >= 11 is 1.47. The summed E-state index contributed by atoms with van der Waals surface area (Å²) in [6, 6.07) is 11.1. The van der Waals surface area contributed by atoms with Crippen LogP contribution in [0.5, 0.6) is 11.5 Å². The first kappa shape index (κ1) is 18.0. The van der Waals surface area contributed by atoms with E-state index < -0.39 is 10.0 Å². The first-order chi connectivity index (χ1) is 12.1. The molecule has 0 radical (unpaired) electrons. The molecule has 1 aliphatic heterocycles. The minimum Gasteiger partial charge on any atom is -0.486 e. The number of sulfonamides is 1. The maximum Gasteiger partial charge on any atom is 0.240 e. The summed E-state index contributed by atoms with van der Waals surface area (Å²) in [5.41, 5.74) is 0.613. The second kappa shape index (κ2) is 8.07. The molecule has 8 heteroatoms. The third kappa shape index (κ3) is 4.65. The highest BCUT2D eigenvalue weighted by Crippen LogP contribution is 2.32. The molecule has 0 saturated carbocycles. The summed E-state index contributed by atoms with van der Waals surface area (Å²) in [7, 11) is -3.62. The molecule has 1 N–H and O–H groups in total. The van der Waals surface area contributed by atoms with Crippen LogP contribution in [-0.2, 0) is 15.8 Å². The van der Waals surface area contributed by atoms with Gasteiger partial charge in [-0.05, 0) is 23.8 Å². The zero-order chi connectivity index (χ0) is 17.7. The van der Waals surface area contributed by atoms with Gasteiger partial charge in [0.1, 0.15) is 19.0 Å². The summed E-state index contributed by atoms with van der Waals surface area (Å²) < 4.78 is 51.5. The Labute approximate surface area is 150 Å². The highest BCUT2D eigenvalue weighted by molar-refractivity contribution is 7.98. The van der Waals surface area contributed by atoms with Crippen LogP contribution < -0.4 is 14.2 Å². The van der Waals surface area contributed by atoms with E-state index in [4.69, 9.17) is 9.47 Å². The van der Waals surface area contributed by atoms with Gasteiger partial charge in [0.15, 0.2) is 11.5 Å². The van der Waals surface area contributed by atoms with E-state index in [1.807, 2.05) is 0 Å². The molecule has 1 heterocycles. The van der Waals surface area contributed by atoms with Crippen molar-refractivity contribution < 1.29 is 22.3 Å². The molecule has 3 rings (SSSR count). The fraction of sp³-hybridized carbons (Fsp3) is 0.294. The normalized spacial score (nSPS) is 13.6. The van der Waals surface area contributed by atoms with Gasteiger partial charge in [-0.25, -0.2) is 17.5 Å². The second-order valence-corrected chi connectivity index (χ2v) is 8.22. The number of ether oxygens (including phenoxy) is 2. The van der Waals surface area contributed by atoms with Crippen molar-refractivity contribution >= 4 is 21.8 Å². The van der Waals surface area contributed by atoms with Gasteiger partial charge >= 0.3 is 0 Å². The molecule has 2 aromatic carbocycles. The van der Waals surface area contributed by atoms with Gasteiger partial charge in [0.25, 0.3) is 0 Å².